The van der Waals surface area contributed by atoms with Crippen LogP contribution in [-0.2, 0) is 16.8 Å². The Balaban J connectivity index is 1.34. The van der Waals surface area contributed by atoms with Crippen molar-refractivity contribution in [2.24, 2.45) is 46.3 Å². The summed E-state index contributed by atoms with van der Waals surface area (Å²) in [6, 6.07) is 0. The van der Waals surface area contributed by atoms with Crippen molar-refractivity contribution in [3.8, 4) is 11.6 Å². The fourth-order valence-electron chi connectivity index (χ4n) is 11.7. The second-order valence-corrected chi connectivity index (χ2v) is 15.5. The second-order valence-electron chi connectivity index (χ2n) is 15.5. The molecule has 2 aromatic heterocycles. The molecule has 0 aromatic carbocycles. The van der Waals surface area contributed by atoms with Crippen LogP contribution in [0.15, 0.2) is 23.5 Å². The van der Waals surface area contributed by atoms with Gasteiger partial charge in [-0.15, -0.1) is 10.2 Å². The van der Waals surface area contributed by atoms with Crippen molar-refractivity contribution >= 4 is 5.78 Å². The number of aromatic nitrogens is 5. The van der Waals surface area contributed by atoms with Gasteiger partial charge in [0, 0.05) is 19.5 Å². The van der Waals surface area contributed by atoms with Crippen LogP contribution in [0, 0.1) is 52.2 Å². The Morgan fingerprint density at radius 1 is 1.00 bits per heavy atom. The van der Waals surface area contributed by atoms with Crippen LogP contribution < -0.4 is 5.32 Å². The number of fused-ring (bicyclic) bond motifs is 7. The van der Waals surface area contributed by atoms with Gasteiger partial charge in [0.15, 0.2) is 17.4 Å². The molecule has 43 heavy (non-hydrogen) atoms. The Hall–Kier alpha value is -2.48. The molecule has 4 fully saturated rings. The van der Waals surface area contributed by atoms with Crippen molar-refractivity contribution in [2.45, 2.75) is 104 Å². The predicted molar refractivity (Wildman–Crippen MR) is 164 cm³/mol. The fraction of sp³-hybridized carbons (Fsp3) is 0.743. The number of likely N-dealkylation sites (N-methyl/N-ethyl adjacent to an activating group) is 1. The largest absolute Gasteiger partial charge is 0.318 e. The number of carbonyl (C=O) groups is 1. The lowest BCUT2D eigenvalue weighted by molar-refractivity contribution is -0.130. The zero-order valence-corrected chi connectivity index (χ0v) is 26.9. The summed E-state index contributed by atoms with van der Waals surface area (Å²) in [5.41, 5.74) is 2.75. The molecule has 4 saturated carbocycles. The monoisotopic (exact) mass is 588 g/mol. The Labute approximate surface area is 255 Å². The van der Waals surface area contributed by atoms with Gasteiger partial charge in [0.1, 0.15) is 5.82 Å². The molecule has 8 atom stereocenters. The standard InChI is InChI=1S/C35H49FN6O/c1-20(2)28-26(43)17-35(32-41-40-31(42(32)16-15-37-6)30-38-18-22(36)19-39-30)14-11-25-23(29(28)35)7-8-27-33(4)12-9-21(3)24(33)10-13-34(25,27)5/h18-21,23-25,27,37H,7-17H2,1-6H3. The van der Waals surface area contributed by atoms with Crippen LogP contribution in [0.1, 0.15) is 98.2 Å². The molecule has 5 aliphatic rings. The molecule has 8 heteroatoms. The quantitative estimate of drug-likeness (QED) is 0.412. The van der Waals surface area contributed by atoms with Gasteiger partial charge < -0.3 is 9.88 Å². The van der Waals surface area contributed by atoms with E-state index in [-0.39, 0.29) is 5.92 Å². The van der Waals surface area contributed by atoms with E-state index in [4.69, 9.17) is 5.10 Å². The van der Waals surface area contributed by atoms with Crippen LogP contribution in [0.4, 0.5) is 4.39 Å². The number of nitrogens with zero attached hydrogens (tertiary/aromatic N) is 5. The molecular formula is C35H49FN6O. The van der Waals surface area contributed by atoms with Crippen molar-refractivity contribution < 1.29 is 9.18 Å². The maximum absolute atomic E-state index is 14.1. The van der Waals surface area contributed by atoms with E-state index >= 15 is 0 Å². The van der Waals surface area contributed by atoms with E-state index in [1.165, 1.54) is 56.5 Å². The van der Waals surface area contributed by atoms with Crippen LogP contribution >= 0.6 is 0 Å². The third kappa shape index (κ3) is 4.10. The Bertz CT molecular complexity index is 1450. The molecule has 0 aliphatic heterocycles. The molecule has 7 rings (SSSR count). The zero-order chi connectivity index (χ0) is 30.3. The number of hydrogen-bond acceptors (Lipinski definition) is 6. The molecule has 1 N–H and O–H groups in total. The topological polar surface area (TPSA) is 85.6 Å². The first-order chi connectivity index (χ1) is 20.5. The number of carbonyl (C=O) groups excluding carboxylic acids is 1. The highest BCUT2D eigenvalue weighted by Crippen LogP contribution is 2.72. The highest BCUT2D eigenvalue weighted by molar-refractivity contribution is 6.01. The first kappa shape index (κ1) is 29.2. The van der Waals surface area contributed by atoms with Gasteiger partial charge in [0.25, 0.3) is 0 Å². The molecule has 0 amide bonds. The van der Waals surface area contributed by atoms with E-state index < -0.39 is 11.2 Å². The summed E-state index contributed by atoms with van der Waals surface area (Å²) in [6.07, 6.45) is 12.7. The molecule has 0 radical (unpaired) electrons. The minimum absolute atomic E-state index is 0.172. The Morgan fingerprint density at radius 3 is 2.42 bits per heavy atom. The first-order valence-electron chi connectivity index (χ1n) is 16.9. The van der Waals surface area contributed by atoms with E-state index in [9.17, 15) is 9.18 Å². The molecule has 0 saturated heterocycles. The summed E-state index contributed by atoms with van der Waals surface area (Å²) < 4.78 is 15.9. The summed E-state index contributed by atoms with van der Waals surface area (Å²) in [5, 5.41) is 12.8. The van der Waals surface area contributed by atoms with Gasteiger partial charge in [-0.2, -0.15) is 0 Å². The number of allylic oxidation sites excluding steroid dienone is 2. The minimum atomic E-state index is -0.477. The van der Waals surface area contributed by atoms with Crippen LogP contribution in [0.5, 0.6) is 0 Å². The Kier molecular flexibility index (Phi) is 6.99. The van der Waals surface area contributed by atoms with E-state index in [2.05, 4.69) is 59.6 Å². The molecular weight excluding hydrogens is 539 g/mol. The maximum atomic E-state index is 14.1. The van der Waals surface area contributed by atoms with Gasteiger partial charge in [-0.3, -0.25) is 4.79 Å². The lowest BCUT2D eigenvalue weighted by atomic mass is 9.40. The van der Waals surface area contributed by atoms with Crippen molar-refractivity contribution in [3.63, 3.8) is 0 Å². The molecule has 2 aromatic rings. The van der Waals surface area contributed by atoms with Gasteiger partial charge in [-0.1, -0.05) is 34.6 Å². The number of Topliss-reactive ketones (excluding diaryl/α,β-unsaturated/α-hetero) is 1. The lowest BCUT2D eigenvalue weighted by Crippen LogP contribution is -2.57. The van der Waals surface area contributed by atoms with Crippen molar-refractivity contribution in [1.29, 1.82) is 0 Å². The number of hydrogen-bond donors (Lipinski definition) is 1. The average molecular weight is 589 g/mol. The van der Waals surface area contributed by atoms with Crippen molar-refractivity contribution in [2.75, 3.05) is 13.6 Å². The summed E-state index contributed by atoms with van der Waals surface area (Å²) in [7, 11) is 1.93. The summed E-state index contributed by atoms with van der Waals surface area (Å²) in [5.74, 6) is 5.23. The minimum Gasteiger partial charge on any atom is -0.318 e. The fourth-order valence-corrected chi connectivity index (χ4v) is 11.7. The van der Waals surface area contributed by atoms with Crippen molar-refractivity contribution in [3.05, 3.63) is 35.2 Å². The number of halogens is 1. The molecule has 5 aliphatic carbocycles. The molecule has 232 valence electrons. The summed E-state index contributed by atoms with van der Waals surface area (Å²) in [6.45, 7) is 13.5. The zero-order valence-electron chi connectivity index (χ0n) is 26.9. The normalized spacial score (nSPS) is 38.7. The van der Waals surface area contributed by atoms with Gasteiger partial charge in [0.05, 0.1) is 17.8 Å². The lowest BCUT2D eigenvalue weighted by Gasteiger charge is -2.64. The van der Waals surface area contributed by atoms with E-state index in [0.717, 1.165) is 42.0 Å². The van der Waals surface area contributed by atoms with Gasteiger partial charge >= 0.3 is 0 Å². The second kappa shape index (κ2) is 10.3. The van der Waals surface area contributed by atoms with Crippen LogP contribution in [-0.4, -0.2) is 44.1 Å². The maximum Gasteiger partial charge on any atom is 0.201 e. The third-order valence-electron chi connectivity index (χ3n) is 13.3. The number of rotatable bonds is 6. The van der Waals surface area contributed by atoms with Crippen LogP contribution in [0.25, 0.3) is 11.6 Å². The highest BCUT2D eigenvalue weighted by atomic mass is 19.1. The van der Waals surface area contributed by atoms with Gasteiger partial charge in [-0.25, -0.2) is 14.4 Å². The van der Waals surface area contributed by atoms with Gasteiger partial charge in [-0.05, 0) is 116 Å². The summed E-state index contributed by atoms with van der Waals surface area (Å²) in [4.78, 5) is 22.6. The van der Waals surface area contributed by atoms with E-state index in [1.54, 1.807) is 0 Å². The van der Waals surface area contributed by atoms with Gasteiger partial charge in [0.2, 0.25) is 5.82 Å². The van der Waals surface area contributed by atoms with Crippen LogP contribution in [0.3, 0.4) is 0 Å². The average Bonchev–Trinajstić information content (AvgIpc) is 3.63. The number of ketones is 1. The molecule has 8 unspecified atom stereocenters. The third-order valence-corrected chi connectivity index (χ3v) is 13.3. The highest BCUT2D eigenvalue weighted by Gasteiger charge is 2.65. The number of nitrogens with one attached hydrogen (secondary N) is 1. The molecule has 2 heterocycles. The summed E-state index contributed by atoms with van der Waals surface area (Å²) >= 11 is 0. The van der Waals surface area contributed by atoms with Crippen molar-refractivity contribution in [1.82, 2.24) is 30.0 Å². The first-order valence-corrected chi connectivity index (χ1v) is 16.9. The van der Waals surface area contributed by atoms with E-state index in [1.807, 2.05) is 7.05 Å². The van der Waals surface area contributed by atoms with E-state index in [0.29, 0.717) is 59.6 Å². The molecule has 0 bridgehead atoms. The molecule has 0 spiro atoms. The predicted octanol–water partition coefficient (Wildman–Crippen LogP) is 6.55. The Morgan fingerprint density at radius 2 is 1.70 bits per heavy atom. The van der Waals surface area contributed by atoms with Crippen LogP contribution in [0.2, 0.25) is 0 Å². The molecule has 7 nitrogen and oxygen atoms in total. The smallest absolute Gasteiger partial charge is 0.201 e. The SMILES string of the molecule is CNCCn1c(-c2ncc(F)cn2)nnc1C12CCC3C(CCC4C5(C)CCC(C)C5CCC34C)C1=C(C(C)C)C(=O)C2.